The Bertz CT molecular complexity index is 896. The second-order valence-electron chi connectivity index (χ2n) is 4.98. The molecule has 1 aromatic heterocycles. The van der Waals surface area contributed by atoms with Crippen LogP contribution < -0.4 is 21.5 Å². The predicted octanol–water partition coefficient (Wildman–Crippen LogP) is 1.55. The van der Waals surface area contributed by atoms with Gasteiger partial charge in [0.25, 0.3) is 5.56 Å². The summed E-state index contributed by atoms with van der Waals surface area (Å²) in [6.07, 6.45) is 1.19. The van der Waals surface area contributed by atoms with Crippen LogP contribution in [0.4, 0.5) is 17.1 Å². The predicted molar refractivity (Wildman–Crippen MR) is 90.7 cm³/mol. The molecular formula is C14H11Cl2N5O3. The summed E-state index contributed by atoms with van der Waals surface area (Å²) in [5.74, 6) is -0.643. The van der Waals surface area contributed by atoms with Gasteiger partial charge in [0.1, 0.15) is 11.6 Å². The molecule has 0 saturated carbocycles. The van der Waals surface area contributed by atoms with Gasteiger partial charge in [-0.2, -0.15) is 5.10 Å². The number of hydrogen-bond donors (Lipinski definition) is 3. The van der Waals surface area contributed by atoms with E-state index in [2.05, 4.69) is 21.0 Å². The van der Waals surface area contributed by atoms with Crippen LogP contribution in [0, 0.1) is 0 Å². The van der Waals surface area contributed by atoms with Crippen LogP contribution in [0.2, 0.25) is 10.0 Å². The third-order valence-electron chi connectivity index (χ3n) is 3.25. The topological polar surface area (TPSA) is 105 Å². The number of rotatable bonds is 3. The van der Waals surface area contributed by atoms with Gasteiger partial charge in [0.2, 0.25) is 11.8 Å². The zero-order chi connectivity index (χ0) is 17.3. The van der Waals surface area contributed by atoms with Crippen LogP contribution in [0.3, 0.4) is 0 Å². The van der Waals surface area contributed by atoms with E-state index in [-0.39, 0.29) is 29.0 Å². The number of hydrogen-bond acceptors (Lipinski definition) is 5. The molecule has 0 radical (unpaired) electrons. The maximum Gasteiger partial charge on any atom is 0.287 e. The second-order valence-corrected chi connectivity index (χ2v) is 5.76. The Morgan fingerprint density at radius 3 is 2.88 bits per heavy atom. The largest absolute Gasteiger partial charge is 0.374 e. The van der Waals surface area contributed by atoms with Crippen LogP contribution in [0.5, 0.6) is 0 Å². The number of anilines is 3. The minimum Gasteiger partial charge on any atom is -0.374 e. The van der Waals surface area contributed by atoms with Crippen molar-refractivity contribution in [3.8, 4) is 0 Å². The molecule has 1 aliphatic heterocycles. The van der Waals surface area contributed by atoms with Gasteiger partial charge in [0, 0.05) is 5.69 Å². The molecule has 2 aromatic rings. The first-order valence-electron chi connectivity index (χ1n) is 6.83. The molecule has 2 amide bonds. The number of benzene rings is 1. The van der Waals surface area contributed by atoms with Crippen molar-refractivity contribution in [1.82, 2.24) is 9.78 Å². The Labute approximate surface area is 145 Å². The number of carbonyl (C=O) groups excluding carboxylic acids is 2. The third kappa shape index (κ3) is 3.34. The zero-order valence-electron chi connectivity index (χ0n) is 12.1. The number of nitrogens with one attached hydrogen (secondary N) is 3. The lowest BCUT2D eigenvalue weighted by atomic mass is 10.2. The Kier molecular flexibility index (Phi) is 4.41. The molecule has 0 bridgehead atoms. The highest BCUT2D eigenvalue weighted by Crippen LogP contribution is 2.27. The van der Waals surface area contributed by atoms with Crippen molar-refractivity contribution in [2.75, 3.05) is 22.5 Å². The summed E-state index contributed by atoms with van der Waals surface area (Å²) in [6, 6.07) is 5.02. The Morgan fingerprint density at radius 1 is 1.29 bits per heavy atom. The number of nitrogens with zero attached hydrogens (tertiary/aromatic N) is 2. The van der Waals surface area contributed by atoms with Crippen molar-refractivity contribution >= 4 is 52.1 Å². The maximum atomic E-state index is 12.1. The van der Waals surface area contributed by atoms with Crippen molar-refractivity contribution in [1.29, 1.82) is 0 Å². The van der Waals surface area contributed by atoms with Crippen LogP contribution in [0.25, 0.3) is 0 Å². The zero-order valence-corrected chi connectivity index (χ0v) is 13.6. The smallest absolute Gasteiger partial charge is 0.287 e. The van der Waals surface area contributed by atoms with E-state index in [0.717, 1.165) is 10.4 Å². The van der Waals surface area contributed by atoms with Crippen molar-refractivity contribution in [3.05, 3.63) is 44.8 Å². The lowest BCUT2D eigenvalue weighted by molar-refractivity contribution is -0.117. The Morgan fingerprint density at radius 2 is 2.08 bits per heavy atom. The quantitative estimate of drug-likeness (QED) is 0.763. The van der Waals surface area contributed by atoms with Gasteiger partial charge in [-0.25, -0.2) is 4.68 Å². The van der Waals surface area contributed by atoms with Crippen LogP contribution >= 0.6 is 23.2 Å². The molecule has 3 N–H and O–H groups in total. The second kappa shape index (κ2) is 6.50. The first-order valence-corrected chi connectivity index (χ1v) is 7.58. The summed E-state index contributed by atoms with van der Waals surface area (Å²) in [4.78, 5) is 35.3. The average molecular weight is 368 g/mol. The molecule has 0 aliphatic carbocycles. The number of fused-ring (bicyclic) bond motifs is 1. The molecule has 3 rings (SSSR count). The van der Waals surface area contributed by atoms with Crippen LogP contribution in [0.1, 0.15) is 0 Å². The van der Waals surface area contributed by atoms with Gasteiger partial charge < -0.3 is 16.0 Å². The van der Waals surface area contributed by atoms with E-state index in [1.165, 1.54) is 6.20 Å². The molecule has 1 aliphatic rings. The first-order chi connectivity index (χ1) is 11.4. The summed E-state index contributed by atoms with van der Waals surface area (Å²) < 4.78 is 0.908. The maximum absolute atomic E-state index is 12.1. The van der Waals surface area contributed by atoms with Crippen molar-refractivity contribution < 1.29 is 9.59 Å². The molecular weight excluding hydrogens is 357 g/mol. The van der Waals surface area contributed by atoms with E-state index in [9.17, 15) is 14.4 Å². The summed E-state index contributed by atoms with van der Waals surface area (Å²) in [5, 5.41) is 11.9. The minimum atomic E-state index is -0.652. The van der Waals surface area contributed by atoms with Gasteiger partial charge >= 0.3 is 0 Å². The van der Waals surface area contributed by atoms with Gasteiger partial charge in [0.05, 0.1) is 29.1 Å². The molecule has 0 atom stereocenters. The van der Waals surface area contributed by atoms with Crippen molar-refractivity contribution in [2.45, 2.75) is 6.54 Å². The first kappa shape index (κ1) is 16.3. The summed E-state index contributed by atoms with van der Waals surface area (Å²) >= 11 is 11.4. The van der Waals surface area contributed by atoms with E-state index in [0.29, 0.717) is 11.4 Å². The lowest BCUT2D eigenvalue weighted by Gasteiger charge is -2.19. The minimum absolute atomic E-state index is 0.0243. The number of aromatic nitrogens is 2. The van der Waals surface area contributed by atoms with Gasteiger partial charge in [-0.3, -0.25) is 14.4 Å². The van der Waals surface area contributed by atoms with Crippen LogP contribution in [-0.4, -0.2) is 28.1 Å². The van der Waals surface area contributed by atoms with Gasteiger partial charge in [-0.15, -0.1) is 0 Å². The fourth-order valence-electron chi connectivity index (χ4n) is 2.14. The van der Waals surface area contributed by atoms with Gasteiger partial charge in [-0.1, -0.05) is 23.2 Å². The number of halogens is 2. The standard InChI is InChI=1S/C14H11Cl2N5O3/c15-8-4-18-21(14(24)13(8)16)6-12(23)19-7-1-2-9-10(3-7)20-11(22)5-17-9/h1-4,17H,5-6H2,(H,19,23)(H,20,22). The third-order valence-corrected chi connectivity index (χ3v) is 4.00. The summed E-state index contributed by atoms with van der Waals surface area (Å²) in [7, 11) is 0. The molecule has 1 aromatic carbocycles. The van der Waals surface area contributed by atoms with Crippen molar-refractivity contribution in [2.24, 2.45) is 0 Å². The van der Waals surface area contributed by atoms with E-state index in [1.54, 1.807) is 18.2 Å². The molecule has 0 unspecified atom stereocenters. The van der Waals surface area contributed by atoms with Gasteiger partial charge in [-0.05, 0) is 18.2 Å². The fraction of sp³-hybridized carbons (Fsp3) is 0.143. The average Bonchev–Trinajstić information content (AvgIpc) is 2.55. The lowest BCUT2D eigenvalue weighted by Crippen LogP contribution is -2.30. The Balaban J connectivity index is 1.74. The fourth-order valence-corrected chi connectivity index (χ4v) is 2.41. The molecule has 2 heterocycles. The molecule has 8 nitrogen and oxygen atoms in total. The van der Waals surface area contributed by atoms with E-state index < -0.39 is 11.5 Å². The summed E-state index contributed by atoms with van der Waals surface area (Å²) in [5.41, 5.74) is 1.14. The highest BCUT2D eigenvalue weighted by Gasteiger charge is 2.15. The number of carbonyl (C=O) groups is 2. The monoisotopic (exact) mass is 367 g/mol. The SMILES string of the molecule is O=C(Cn1ncc(Cl)c(Cl)c1=O)Nc1ccc2c(c1)NC(=O)CN2. The Hall–Kier alpha value is -2.58. The molecule has 10 heteroatoms. The molecule has 124 valence electrons. The van der Waals surface area contributed by atoms with Crippen LogP contribution in [-0.2, 0) is 16.1 Å². The van der Waals surface area contributed by atoms with E-state index in [1.807, 2.05) is 0 Å². The summed E-state index contributed by atoms with van der Waals surface area (Å²) in [6.45, 7) is -0.123. The molecule has 0 spiro atoms. The van der Waals surface area contributed by atoms with Crippen LogP contribution in [0.15, 0.2) is 29.2 Å². The highest BCUT2D eigenvalue weighted by molar-refractivity contribution is 6.41. The number of amides is 2. The molecule has 24 heavy (non-hydrogen) atoms. The molecule has 0 saturated heterocycles. The van der Waals surface area contributed by atoms with Crippen molar-refractivity contribution in [3.63, 3.8) is 0 Å². The van der Waals surface area contributed by atoms with E-state index >= 15 is 0 Å². The molecule has 0 fully saturated rings. The normalized spacial score (nSPS) is 12.8. The highest BCUT2D eigenvalue weighted by atomic mass is 35.5. The van der Waals surface area contributed by atoms with Gasteiger partial charge in [0.15, 0.2) is 0 Å². The van der Waals surface area contributed by atoms with E-state index in [4.69, 9.17) is 23.2 Å².